The Hall–Kier alpha value is -1.24. The minimum atomic E-state index is -0.115. The summed E-state index contributed by atoms with van der Waals surface area (Å²) in [5.41, 5.74) is 7.45. The molecule has 4 nitrogen and oxygen atoms in total. The summed E-state index contributed by atoms with van der Waals surface area (Å²) in [6, 6.07) is 5.43. The molecule has 0 aliphatic heterocycles. The van der Waals surface area contributed by atoms with Crippen molar-refractivity contribution in [2.45, 2.75) is 17.6 Å². The van der Waals surface area contributed by atoms with E-state index < -0.39 is 0 Å². The zero-order valence-electron chi connectivity index (χ0n) is 10.1. The molecule has 0 saturated heterocycles. The molecule has 7 heteroatoms. The van der Waals surface area contributed by atoms with Gasteiger partial charge in [-0.2, -0.15) is 0 Å². The molecule has 0 spiro atoms. The number of hydrogen-bond acceptors (Lipinski definition) is 5. The number of nitrogens with zero attached hydrogens (tertiary/aromatic N) is 1. The number of aromatic nitrogens is 1. The van der Waals surface area contributed by atoms with E-state index in [1.54, 1.807) is 17.8 Å². The van der Waals surface area contributed by atoms with Crippen molar-refractivity contribution in [3.63, 3.8) is 0 Å². The Morgan fingerprint density at radius 1 is 1.58 bits per heavy atom. The highest BCUT2D eigenvalue weighted by atomic mass is 35.5. The number of rotatable bonds is 4. The van der Waals surface area contributed by atoms with Gasteiger partial charge in [-0.25, -0.2) is 4.98 Å². The molecule has 0 aliphatic carbocycles. The number of halogens is 1. The molecule has 0 saturated carbocycles. The quantitative estimate of drug-likeness (QED) is 0.668. The van der Waals surface area contributed by atoms with Crippen LogP contribution in [0.2, 0.25) is 5.02 Å². The zero-order valence-corrected chi connectivity index (χ0v) is 12.5. The third-order valence-electron chi connectivity index (χ3n) is 2.18. The largest absolute Gasteiger partial charge is 0.398 e. The van der Waals surface area contributed by atoms with Crippen molar-refractivity contribution < 1.29 is 4.79 Å². The van der Waals surface area contributed by atoms with Gasteiger partial charge in [0.05, 0.1) is 5.69 Å². The maximum atomic E-state index is 10.9. The van der Waals surface area contributed by atoms with Crippen LogP contribution in [-0.4, -0.2) is 10.9 Å². The first kappa shape index (κ1) is 14.2. The zero-order chi connectivity index (χ0) is 13.8. The van der Waals surface area contributed by atoms with E-state index in [4.69, 9.17) is 17.3 Å². The molecular formula is C12H12ClN3OS2. The number of nitrogens with two attached hydrogens (primary N) is 1. The number of nitrogen functional groups attached to an aromatic ring is 1. The summed E-state index contributed by atoms with van der Waals surface area (Å²) in [6.45, 7) is 1.46. The molecule has 0 aliphatic rings. The minimum Gasteiger partial charge on any atom is -0.398 e. The van der Waals surface area contributed by atoms with Crippen LogP contribution in [0.4, 0.5) is 10.8 Å². The van der Waals surface area contributed by atoms with E-state index in [1.807, 2.05) is 17.5 Å². The molecule has 100 valence electrons. The van der Waals surface area contributed by atoms with Gasteiger partial charge in [-0.3, -0.25) is 4.79 Å². The second kappa shape index (κ2) is 6.27. The highest BCUT2D eigenvalue weighted by molar-refractivity contribution is 7.98. The molecule has 0 unspecified atom stereocenters. The topological polar surface area (TPSA) is 68.0 Å². The van der Waals surface area contributed by atoms with Crippen molar-refractivity contribution in [2.24, 2.45) is 0 Å². The van der Waals surface area contributed by atoms with Crippen LogP contribution in [0.1, 0.15) is 12.6 Å². The number of carbonyl (C=O) groups is 1. The van der Waals surface area contributed by atoms with Crippen molar-refractivity contribution in [1.29, 1.82) is 0 Å². The summed E-state index contributed by atoms with van der Waals surface area (Å²) in [6.07, 6.45) is 0. The van der Waals surface area contributed by atoms with Crippen LogP contribution in [0.15, 0.2) is 28.5 Å². The first-order chi connectivity index (χ1) is 9.04. The Morgan fingerprint density at radius 3 is 3.05 bits per heavy atom. The van der Waals surface area contributed by atoms with Gasteiger partial charge in [0.1, 0.15) is 0 Å². The second-order valence-electron chi connectivity index (χ2n) is 3.80. The number of amides is 1. The molecule has 2 rings (SSSR count). The third-order valence-corrected chi connectivity index (χ3v) is 4.35. The number of benzene rings is 1. The molecule has 0 atom stereocenters. The molecule has 1 aromatic carbocycles. The highest BCUT2D eigenvalue weighted by Crippen LogP contribution is 2.30. The predicted octanol–water partition coefficient (Wildman–Crippen LogP) is 3.63. The van der Waals surface area contributed by atoms with E-state index >= 15 is 0 Å². The van der Waals surface area contributed by atoms with E-state index in [0.29, 0.717) is 21.6 Å². The lowest BCUT2D eigenvalue weighted by atomic mass is 10.3. The monoisotopic (exact) mass is 313 g/mol. The van der Waals surface area contributed by atoms with Gasteiger partial charge in [-0.1, -0.05) is 11.6 Å². The Labute approximate surface area is 124 Å². The summed E-state index contributed by atoms with van der Waals surface area (Å²) >= 11 is 8.85. The molecule has 2 aromatic rings. The average Bonchev–Trinajstić information content (AvgIpc) is 2.74. The maximum Gasteiger partial charge on any atom is 0.223 e. The van der Waals surface area contributed by atoms with Gasteiger partial charge in [0.2, 0.25) is 5.91 Å². The Kier molecular flexibility index (Phi) is 4.68. The first-order valence-corrected chi connectivity index (χ1v) is 7.69. The molecule has 3 N–H and O–H groups in total. The van der Waals surface area contributed by atoms with E-state index in [1.165, 1.54) is 18.3 Å². The number of thiazole rings is 1. The molecule has 1 amide bonds. The first-order valence-electron chi connectivity index (χ1n) is 5.44. The van der Waals surface area contributed by atoms with Gasteiger partial charge in [0, 0.05) is 33.7 Å². The van der Waals surface area contributed by atoms with E-state index in [9.17, 15) is 4.79 Å². The Morgan fingerprint density at radius 2 is 2.37 bits per heavy atom. The van der Waals surface area contributed by atoms with Crippen molar-refractivity contribution in [1.82, 2.24) is 4.98 Å². The van der Waals surface area contributed by atoms with Gasteiger partial charge in [-0.15, -0.1) is 23.1 Å². The lowest BCUT2D eigenvalue weighted by Gasteiger charge is -2.04. The number of carbonyl (C=O) groups excluding carboxylic acids is 1. The van der Waals surface area contributed by atoms with E-state index in [-0.39, 0.29) is 5.91 Å². The average molecular weight is 314 g/mol. The van der Waals surface area contributed by atoms with Crippen molar-refractivity contribution >= 4 is 51.4 Å². The number of thioether (sulfide) groups is 1. The van der Waals surface area contributed by atoms with E-state index in [0.717, 1.165) is 10.6 Å². The lowest BCUT2D eigenvalue weighted by molar-refractivity contribution is -0.114. The van der Waals surface area contributed by atoms with Crippen LogP contribution in [-0.2, 0) is 10.5 Å². The van der Waals surface area contributed by atoms with Crippen molar-refractivity contribution in [3.05, 3.63) is 34.3 Å². The predicted molar refractivity (Wildman–Crippen MR) is 81.8 cm³/mol. The maximum absolute atomic E-state index is 10.9. The van der Waals surface area contributed by atoms with Gasteiger partial charge in [0.15, 0.2) is 5.13 Å². The van der Waals surface area contributed by atoms with Gasteiger partial charge < -0.3 is 11.1 Å². The van der Waals surface area contributed by atoms with Crippen LogP contribution >= 0.6 is 34.7 Å². The third kappa shape index (κ3) is 4.12. The van der Waals surface area contributed by atoms with Crippen molar-refractivity contribution in [3.8, 4) is 0 Å². The van der Waals surface area contributed by atoms with E-state index in [2.05, 4.69) is 10.3 Å². The van der Waals surface area contributed by atoms with Crippen LogP contribution in [0.5, 0.6) is 0 Å². The normalized spacial score (nSPS) is 10.4. The fourth-order valence-electron chi connectivity index (χ4n) is 1.38. The molecule has 19 heavy (non-hydrogen) atoms. The van der Waals surface area contributed by atoms with Crippen molar-refractivity contribution in [2.75, 3.05) is 11.1 Å². The van der Waals surface area contributed by atoms with Gasteiger partial charge in [0.25, 0.3) is 0 Å². The fraction of sp³-hybridized carbons (Fsp3) is 0.167. The molecule has 1 heterocycles. The number of nitrogens with one attached hydrogen (secondary N) is 1. The summed E-state index contributed by atoms with van der Waals surface area (Å²) < 4.78 is 0. The standard InChI is InChI=1S/C12H12ClN3OS2/c1-7(17)15-12-16-9(6-19-12)5-18-11-3-2-8(13)4-10(11)14/h2-4,6H,5,14H2,1H3,(H,15,16,17). The Balaban J connectivity index is 1.98. The molecule has 0 fully saturated rings. The van der Waals surface area contributed by atoms with Gasteiger partial charge >= 0.3 is 0 Å². The lowest BCUT2D eigenvalue weighted by Crippen LogP contribution is -2.05. The molecule has 0 radical (unpaired) electrons. The van der Waals surface area contributed by atoms with Crippen LogP contribution in [0, 0.1) is 0 Å². The van der Waals surface area contributed by atoms with Crippen LogP contribution in [0.3, 0.4) is 0 Å². The molecular weight excluding hydrogens is 302 g/mol. The summed E-state index contributed by atoms with van der Waals surface area (Å²) in [7, 11) is 0. The summed E-state index contributed by atoms with van der Waals surface area (Å²) in [4.78, 5) is 16.2. The smallest absolute Gasteiger partial charge is 0.223 e. The van der Waals surface area contributed by atoms with Crippen LogP contribution in [0.25, 0.3) is 0 Å². The highest BCUT2D eigenvalue weighted by Gasteiger charge is 2.06. The number of anilines is 2. The minimum absolute atomic E-state index is 0.115. The molecule has 0 bridgehead atoms. The molecule has 1 aromatic heterocycles. The summed E-state index contributed by atoms with van der Waals surface area (Å²) in [5.74, 6) is 0.581. The fourth-order valence-corrected chi connectivity index (χ4v) is 3.27. The second-order valence-corrected chi connectivity index (χ2v) is 6.11. The van der Waals surface area contributed by atoms with Gasteiger partial charge in [-0.05, 0) is 18.2 Å². The SMILES string of the molecule is CC(=O)Nc1nc(CSc2ccc(Cl)cc2N)cs1. The summed E-state index contributed by atoms with van der Waals surface area (Å²) in [5, 5.41) is 5.83. The Bertz CT molecular complexity index is 600. The van der Waals surface area contributed by atoms with Crippen LogP contribution < -0.4 is 11.1 Å². The number of hydrogen-bond donors (Lipinski definition) is 2.